The normalized spacial score (nSPS) is 12.0. The first-order valence-corrected chi connectivity index (χ1v) is 13.1. The van der Waals surface area contributed by atoms with Gasteiger partial charge < -0.3 is 14.4 Å². The predicted molar refractivity (Wildman–Crippen MR) is 151 cm³/mol. The number of nitrogens with zero attached hydrogens (tertiary/aromatic N) is 3. The van der Waals surface area contributed by atoms with E-state index in [1.165, 1.54) is 4.90 Å². The van der Waals surface area contributed by atoms with E-state index in [1.807, 2.05) is 67.9 Å². The lowest BCUT2D eigenvalue weighted by atomic mass is 10.1. The SMILES string of the molecule is Cc1ccc(-n2cc(-c3ccc(Cl)cc3)nc2NC(=O)CN(CC(C)C)C(=O)c2ccc3c(c2)OCO3)cc1. The zero-order valence-electron chi connectivity index (χ0n) is 22.0. The number of fused-ring (bicyclic) bond motifs is 1. The van der Waals surface area contributed by atoms with Gasteiger partial charge in [0.25, 0.3) is 5.91 Å². The third-order valence-corrected chi connectivity index (χ3v) is 6.49. The van der Waals surface area contributed by atoms with Crippen molar-refractivity contribution in [1.82, 2.24) is 14.5 Å². The van der Waals surface area contributed by atoms with Crippen molar-refractivity contribution in [1.29, 1.82) is 0 Å². The largest absolute Gasteiger partial charge is 0.454 e. The Bertz CT molecular complexity index is 1500. The first-order chi connectivity index (χ1) is 18.8. The molecule has 1 N–H and O–H groups in total. The van der Waals surface area contributed by atoms with Crippen molar-refractivity contribution in [2.45, 2.75) is 20.8 Å². The first-order valence-electron chi connectivity index (χ1n) is 12.7. The van der Waals surface area contributed by atoms with Gasteiger partial charge in [0, 0.05) is 34.6 Å². The topological polar surface area (TPSA) is 85.7 Å². The molecule has 0 atom stereocenters. The molecule has 0 saturated carbocycles. The summed E-state index contributed by atoms with van der Waals surface area (Å²) in [7, 11) is 0. The fourth-order valence-electron chi connectivity index (χ4n) is 4.34. The molecule has 2 heterocycles. The van der Waals surface area contributed by atoms with Crippen molar-refractivity contribution in [3.8, 4) is 28.4 Å². The molecule has 0 unspecified atom stereocenters. The Labute approximate surface area is 232 Å². The number of carbonyl (C=O) groups is 2. The van der Waals surface area contributed by atoms with Crippen LogP contribution in [0, 0.1) is 12.8 Å². The number of imidazole rings is 1. The maximum absolute atomic E-state index is 13.4. The molecule has 0 aliphatic carbocycles. The first kappa shape index (κ1) is 26.3. The number of hydrogen-bond acceptors (Lipinski definition) is 5. The Morgan fingerprint density at radius 3 is 2.46 bits per heavy atom. The average Bonchev–Trinajstić information content (AvgIpc) is 3.55. The summed E-state index contributed by atoms with van der Waals surface area (Å²) in [5.41, 5.74) is 3.94. The molecule has 1 aliphatic rings. The third kappa shape index (κ3) is 6.07. The van der Waals surface area contributed by atoms with Gasteiger partial charge in [-0.25, -0.2) is 4.98 Å². The molecule has 2 amide bonds. The summed E-state index contributed by atoms with van der Waals surface area (Å²) in [6, 6.07) is 20.3. The van der Waals surface area contributed by atoms with Crippen LogP contribution < -0.4 is 14.8 Å². The van der Waals surface area contributed by atoms with Gasteiger partial charge in [-0.1, -0.05) is 55.3 Å². The van der Waals surface area contributed by atoms with Crippen LogP contribution in [-0.2, 0) is 4.79 Å². The Morgan fingerprint density at radius 2 is 1.74 bits per heavy atom. The van der Waals surface area contributed by atoms with Gasteiger partial charge >= 0.3 is 0 Å². The molecule has 9 heteroatoms. The van der Waals surface area contributed by atoms with Gasteiger partial charge in [0.15, 0.2) is 11.5 Å². The van der Waals surface area contributed by atoms with E-state index in [0.29, 0.717) is 40.3 Å². The number of amides is 2. The lowest BCUT2D eigenvalue weighted by Crippen LogP contribution is -2.40. The van der Waals surface area contributed by atoms with Crippen LogP contribution in [0.2, 0.25) is 5.02 Å². The summed E-state index contributed by atoms with van der Waals surface area (Å²) in [4.78, 5) is 33.0. The maximum Gasteiger partial charge on any atom is 0.254 e. The Balaban J connectivity index is 1.40. The second-order valence-corrected chi connectivity index (χ2v) is 10.3. The van der Waals surface area contributed by atoms with Crippen LogP contribution in [-0.4, -0.2) is 46.1 Å². The van der Waals surface area contributed by atoms with Gasteiger partial charge in [0.05, 0.1) is 5.69 Å². The molecule has 0 radical (unpaired) electrons. The lowest BCUT2D eigenvalue weighted by molar-refractivity contribution is -0.117. The monoisotopic (exact) mass is 544 g/mol. The highest BCUT2D eigenvalue weighted by molar-refractivity contribution is 6.30. The summed E-state index contributed by atoms with van der Waals surface area (Å²) in [6.45, 7) is 6.41. The van der Waals surface area contributed by atoms with E-state index in [-0.39, 0.29) is 31.1 Å². The molecule has 1 aromatic heterocycles. The number of halogens is 1. The highest BCUT2D eigenvalue weighted by Gasteiger charge is 2.24. The van der Waals surface area contributed by atoms with E-state index in [1.54, 1.807) is 30.3 Å². The van der Waals surface area contributed by atoms with Gasteiger partial charge in [-0.3, -0.25) is 19.5 Å². The van der Waals surface area contributed by atoms with Crippen molar-refractivity contribution < 1.29 is 19.1 Å². The van der Waals surface area contributed by atoms with Gasteiger partial charge in [-0.2, -0.15) is 0 Å². The van der Waals surface area contributed by atoms with Crippen molar-refractivity contribution in [3.05, 3.63) is 89.1 Å². The van der Waals surface area contributed by atoms with E-state index in [4.69, 9.17) is 26.1 Å². The molecular weight excluding hydrogens is 516 g/mol. The zero-order chi connectivity index (χ0) is 27.5. The second kappa shape index (κ2) is 11.2. The van der Waals surface area contributed by atoms with Crippen LogP contribution in [0.4, 0.5) is 5.95 Å². The van der Waals surface area contributed by atoms with Crippen LogP contribution in [0.1, 0.15) is 29.8 Å². The predicted octanol–water partition coefficient (Wildman–Crippen LogP) is 5.97. The molecule has 4 aromatic rings. The Hall–Kier alpha value is -4.30. The standard InChI is InChI=1S/C30H29ClN4O4/c1-19(2)15-34(29(37)22-8-13-26-27(14-22)39-18-38-26)17-28(36)33-30-32-25(21-6-9-23(31)10-7-21)16-35(30)24-11-4-20(3)5-12-24/h4-14,16,19H,15,17-18H2,1-3H3,(H,32,33,36). The van der Waals surface area contributed by atoms with E-state index < -0.39 is 0 Å². The summed E-state index contributed by atoms with van der Waals surface area (Å²) in [5, 5.41) is 3.55. The van der Waals surface area contributed by atoms with Crippen molar-refractivity contribution in [3.63, 3.8) is 0 Å². The number of anilines is 1. The fraction of sp³-hybridized carbons (Fsp3) is 0.233. The highest BCUT2D eigenvalue weighted by Crippen LogP contribution is 2.33. The third-order valence-electron chi connectivity index (χ3n) is 6.24. The molecule has 3 aromatic carbocycles. The number of carbonyl (C=O) groups excluding carboxylic acids is 2. The van der Waals surface area contributed by atoms with Gasteiger partial charge in [0.2, 0.25) is 18.6 Å². The van der Waals surface area contributed by atoms with Crippen LogP contribution in [0.15, 0.2) is 72.9 Å². The van der Waals surface area contributed by atoms with Crippen LogP contribution >= 0.6 is 11.6 Å². The minimum absolute atomic E-state index is 0.122. The highest BCUT2D eigenvalue weighted by atomic mass is 35.5. The molecule has 1 aliphatic heterocycles. The zero-order valence-corrected chi connectivity index (χ0v) is 22.7. The number of benzene rings is 3. The Morgan fingerprint density at radius 1 is 1.03 bits per heavy atom. The maximum atomic E-state index is 13.4. The number of nitrogens with one attached hydrogen (secondary N) is 1. The Kier molecular flexibility index (Phi) is 7.56. The van der Waals surface area contributed by atoms with Crippen molar-refractivity contribution in [2.24, 2.45) is 5.92 Å². The van der Waals surface area contributed by atoms with Crippen LogP contribution in [0.25, 0.3) is 16.9 Å². The minimum Gasteiger partial charge on any atom is -0.454 e. The molecule has 0 saturated heterocycles. The van der Waals surface area contributed by atoms with Gasteiger partial charge in [-0.15, -0.1) is 0 Å². The summed E-state index contributed by atoms with van der Waals surface area (Å²) in [5.74, 6) is 1.01. The van der Waals surface area contributed by atoms with Crippen molar-refractivity contribution in [2.75, 3.05) is 25.2 Å². The molecule has 200 valence electrons. The average molecular weight is 545 g/mol. The second-order valence-electron chi connectivity index (χ2n) is 9.86. The molecular formula is C30H29ClN4O4. The summed E-state index contributed by atoms with van der Waals surface area (Å²) in [6.07, 6.45) is 1.87. The van der Waals surface area contributed by atoms with Crippen molar-refractivity contribution >= 4 is 29.4 Å². The van der Waals surface area contributed by atoms with Crippen LogP contribution in [0.5, 0.6) is 11.5 Å². The number of aromatic nitrogens is 2. The lowest BCUT2D eigenvalue weighted by Gasteiger charge is -2.24. The van der Waals surface area contributed by atoms with Gasteiger partial charge in [-0.05, 0) is 55.3 Å². The van der Waals surface area contributed by atoms with E-state index in [2.05, 4.69) is 5.32 Å². The van der Waals surface area contributed by atoms with Gasteiger partial charge in [0.1, 0.15) is 6.54 Å². The molecule has 8 nitrogen and oxygen atoms in total. The molecule has 5 rings (SSSR count). The summed E-state index contributed by atoms with van der Waals surface area (Å²) < 4.78 is 12.6. The smallest absolute Gasteiger partial charge is 0.254 e. The number of aryl methyl sites for hydroxylation is 1. The van der Waals surface area contributed by atoms with E-state index in [9.17, 15) is 9.59 Å². The quantitative estimate of drug-likeness (QED) is 0.295. The fourth-order valence-corrected chi connectivity index (χ4v) is 4.47. The molecule has 0 bridgehead atoms. The molecule has 0 spiro atoms. The molecule has 39 heavy (non-hydrogen) atoms. The molecule has 0 fully saturated rings. The minimum atomic E-state index is -0.355. The number of rotatable bonds is 8. The van der Waals surface area contributed by atoms with Crippen LogP contribution in [0.3, 0.4) is 0 Å². The van der Waals surface area contributed by atoms with E-state index >= 15 is 0 Å². The van der Waals surface area contributed by atoms with E-state index in [0.717, 1.165) is 16.8 Å². The summed E-state index contributed by atoms with van der Waals surface area (Å²) >= 11 is 6.07. The number of hydrogen-bond donors (Lipinski definition) is 1. The number of ether oxygens (including phenoxy) is 2.